The molecule has 0 saturated carbocycles. The molecule has 2 aromatic rings. The maximum Gasteiger partial charge on any atom is 0.335 e. The summed E-state index contributed by atoms with van der Waals surface area (Å²) in [6.07, 6.45) is 0. The average Bonchev–Trinajstić information content (AvgIpc) is 2.60. The summed E-state index contributed by atoms with van der Waals surface area (Å²) in [6.45, 7) is 6.32. The number of carboxylic acid groups (broad SMARTS) is 1. The van der Waals surface area contributed by atoms with E-state index in [1.807, 2.05) is 44.2 Å². The Hall–Kier alpha value is -2.38. The van der Waals surface area contributed by atoms with Gasteiger partial charge in [-0.05, 0) is 36.6 Å². The van der Waals surface area contributed by atoms with E-state index in [9.17, 15) is 18.3 Å². The fourth-order valence-corrected chi connectivity index (χ4v) is 3.88. The fourth-order valence-electron chi connectivity index (χ4n) is 2.44. The highest BCUT2D eigenvalue weighted by molar-refractivity contribution is 7.89. The van der Waals surface area contributed by atoms with Gasteiger partial charge >= 0.3 is 5.97 Å². The average molecular weight is 376 g/mol. The number of aromatic carboxylic acids is 1. The lowest BCUT2D eigenvalue weighted by molar-refractivity contribution is 0.0696. The van der Waals surface area contributed by atoms with E-state index >= 15 is 0 Å². The van der Waals surface area contributed by atoms with Crippen LogP contribution in [-0.4, -0.2) is 26.0 Å². The molecule has 0 spiro atoms. The van der Waals surface area contributed by atoms with Gasteiger partial charge in [0.1, 0.15) is 4.90 Å². The first-order valence-corrected chi connectivity index (χ1v) is 9.87. The van der Waals surface area contributed by atoms with Crippen LogP contribution in [0, 0.1) is 5.92 Å². The third kappa shape index (κ3) is 5.06. The largest absolute Gasteiger partial charge is 0.478 e. The molecule has 0 aliphatic rings. The summed E-state index contributed by atoms with van der Waals surface area (Å²) in [6, 6.07) is 12.8. The Labute approximate surface area is 154 Å². The maximum absolute atomic E-state index is 12.9. The van der Waals surface area contributed by atoms with Crippen molar-refractivity contribution in [2.45, 2.75) is 31.7 Å². The first-order valence-electron chi connectivity index (χ1n) is 8.39. The van der Waals surface area contributed by atoms with E-state index in [4.69, 9.17) is 0 Å². The molecule has 3 N–H and O–H groups in total. The monoisotopic (exact) mass is 376 g/mol. The van der Waals surface area contributed by atoms with Crippen molar-refractivity contribution in [3.8, 4) is 0 Å². The van der Waals surface area contributed by atoms with E-state index in [-0.39, 0.29) is 10.5 Å². The van der Waals surface area contributed by atoms with Crippen LogP contribution < -0.4 is 10.0 Å². The van der Waals surface area contributed by atoms with Gasteiger partial charge in [-0.2, -0.15) is 0 Å². The Bertz CT molecular complexity index is 864. The predicted octanol–water partition coefficient (Wildman–Crippen LogP) is 3.49. The summed E-state index contributed by atoms with van der Waals surface area (Å²) in [4.78, 5) is 11.2. The van der Waals surface area contributed by atoms with Crippen molar-refractivity contribution in [1.29, 1.82) is 0 Å². The summed E-state index contributed by atoms with van der Waals surface area (Å²) in [5.74, 6) is -0.867. The van der Waals surface area contributed by atoms with Gasteiger partial charge in [0.05, 0.1) is 11.3 Å². The first-order chi connectivity index (χ1) is 12.2. The summed E-state index contributed by atoms with van der Waals surface area (Å²) in [5.41, 5.74) is 1.13. The molecule has 1 atom stereocenters. The van der Waals surface area contributed by atoms with Crippen LogP contribution in [0.4, 0.5) is 5.69 Å². The number of anilines is 1. The number of carbonyl (C=O) groups is 1. The van der Waals surface area contributed by atoms with Gasteiger partial charge in [0, 0.05) is 12.6 Å². The molecule has 0 aromatic heterocycles. The van der Waals surface area contributed by atoms with Gasteiger partial charge in [0.15, 0.2) is 0 Å². The van der Waals surface area contributed by atoms with Crippen molar-refractivity contribution in [3.05, 3.63) is 59.7 Å². The van der Waals surface area contributed by atoms with Gasteiger partial charge in [-0.3, -0.25) is 0 Å². The highest BCUT2D eigenvalue weighted by atomic mass is 32.2. The van der Waals surface area contributed by atoms with E-state index < -0.39 is 22.0 Å². The molecule has 2 rings (SSSR count). The molecule has 0 aliphatic carbocycles. The molecule has 6 nitrogen and oxygen atoms in total. The Kier molecular flexibility index (Phi) is 6.39. The Morgan fingerprint density at radius 1 is 1.08 bits per heavy atom. The van der Waals surface area contributed by atoms with Crippen LogP contribution in [0.1, 0.15) is 42.7 Å². The van der Waals surface area contributed by atoms with Gasteiger partial charge in [-0.1, -0.05) is 44.2 Å². The quantitative estimate of drug-likeness (QED) is 0.655. The van der Waals surface area contributed by atoms with Crippen LogP contribution in [0.15, 0.2) is 53.4 Å². The highest BCUT2D eigenvalue weighted by Gasteiger charge is 2.23. The van der Waals surface area contributed by atoms with Crippen LogP contribution in [0.2, 0.25) is 0 Å². The van der Waals surface area contributed by atoms with Crippen LogP contribution in [0.5, 0.6) is 0 Å². The second kappa shape index (κ2) is 8.33. The molecular weight excluding hydrogens is 352 g/mol. The lowest BCUT2D eigenvalue weighted by atomic mass is 10.1. The van der Waals surface area contributed by atoms with E-state index in [2.05, 4.69) is 10.0 Å². The number of hydrogen-bond acceptors (Lipinski definition) is 4. The molecule has 7 heteroatoms. The Morgan fingerprint density at radius 3 is 2.31 bits per heavy atom. The zero-order valence-corrected chi connectivity index (χ0v) is 15.9. The Balaban J connectivity index is 2.38. The van der Waals surface area contributed by atoms with E-state index in [1.54, 1.807) is 6.92 Å². The standard InChI is InChI=1S/C19H24N2O4S/c1-13(2)12-20-17-10-9-16(19(22)23)11-18(17)26(24,25)21-14(3)15-7-5-4-6-8-15/h4-11,13-14,20-21H,12H2,1-3H3,(H,22,23)/t14-/m0/s1. The highest BCUT2D eigenvalue weighted by Crippen LogP contribution is 2.25. The lowest BCUT2D eigenvalue weighted by Crippen LogP contribution is -2.28. The second-order valence-corrected chi connectivity index (χ2v) is 8.23. The molecule has 140 valence electrons. The van der Waals surface area contributed by atoms with E-state index in [1.165, 1.54) is 18.2 Å². The molecule has 0 amide bonds. The summed E-state index contributed by atoms with van der Waals surface area (Å²) >= 11 is 0. The lowest BCUT2D eigenvalue weighted by Gasteiger charge is -2.18. The number of benzene rings is 2. The molecule has 2 aromatic carbocycles. The molecular formula is C19H24N2O4S. The molecule has 0 bridgehead atoms. The van der Waals surface area contributed by atoms with E-state index in [0.717, 1.165) is 5.56 Å². The van der Waals surface area contributed by atoms with Crippen LogP contribution >= 0.6 is 0 Å². The molecule has 0 saturated heterocycles. The third-order valence-electron chi connectivity index (χ3n) is 3.85. The minimum Gasteiger partial charge on any atom is -0.478 e. The van der Waals surface area contributed by atoms with Crippen molar-refractivity contribution >= 4 is 21.7 Å². The van der Waals surface area contributed by atoms with Gasteiger partial charge in [-0.15, -0.1) is 0 Å². The summed E-state index contributed by atoms with van der Waals surface area (Å²) in [7, 11) is -3.92. The smallest absolute Gasteiger partial charge is 0.335 e. The van der Waals surface area contributed by atoms with Crippen LogP contribution in [-0.2, 0) is 10.0 Å². The minimum absolute atomic E-state index is 0.0687. The van der Waals surface area contributed by atoms with Gasteiger partial charge in [0.25, 0.3) is 0 Å². The predicted molar refractivity (Wildman–Crippen MR) is 102 cm³/mol. The number of rotatable bonds is 8. The Morgan fingerprint density at radius 2 is 1.73 bits per heavy atom. The zero-order chi connectivity index (χ0) is 19.3. The molecule has 0 aliphatic heterocycles. The van der Waals surface area contributed by atoms with Crippen molar-refractivity contribution in [2.75, 3.05) is 11.9 Å². The summed E-state index contributed by atoms with van der Waals surface area (Å²) in [5, 5.41) is 12.3. The van der Waals surface area contributed by atoms with Crippen LogP contribution in [0.25, 0.3) is 0 Å². The first kappa shape index (κ1) is 19.9. The van der Waals surface area contributed by atoms with Crippen LogP contribution in [0.3, 0.4) is 0 Å². The molecule has 0 fully saturated rings. The van der Waals surface area contributed by atoms with Crippen molar-refractivity contribution in [1.82, 2.24) is 4.72 Å². The SMILES string of the molecule is CC(C)CNc1ccc(C(=O)O)cc1S(=O)(=O)N[C@@H](C)c1ccccc1. The number of nitrogens with one attached hydrogen (secondary N) is 2. The third-order valence-corrected chi connectivity index (χ3v) is 5.43. The van der Waals surface area contributed by atoms with Gasteiger partial charge in [-0.25, -0.2) is 17.9 Å². The number of hydrogen-bond donors (Lipinski definition) is 3. The molecule has 0 unspecified atom stereocenters. The molecule has 26 heavy (non-hydrogen) atoms. The number of carboxylic acids is 1. The normalized spacial score (nSPS) is 12.8. The van der Waals surface area contributed by atoms with Crippen molar-refractivity contribution in [2.24, 2.45) is 5.92 Å². The van der Waals surface area contributed by atoms with Crippen molar-refractivity contribution < 1.29 is 18.3 Å². The topological polar surface area (TPSA) is 95.5 Å². The second-order valence-electron chi connectivity index (χ2n) is 6.54. The minimum atomic E-state index is -3.92. The molecule has 0 heterocycles. The summed E-state index contributed by atoms with van der Waals surface area (Å²) < 4.78 is 28.4. The fraction of sp³-hybridized carbons (Fsp3) is 0.316. The number of sulfonamides is 1. The van der Waals surface area contributed by atoms with E-state index in [0.29, 0.717) is 18.2 Å². The molecule has 0 radical (unpaired) electrons. The van der Waals surface area contributed by atoms with Crippen molar-refractivity contribution in [3.63, 3.8) is 0 Å². The zero-order valence-electron chi connectivity index (χ0n) is 15.1. The maximum atomic E-state index is 12.9. The van der Waals surface area contributed by atoms with Gasteiger partial charge in [0.2, 0.25) is 10.0 Å². The van der Waals surface area contributed by atoms with Gasteiger partial charge < -0.3 is 10.4 Å².